The van der Waals surface area contributed by atoms with Crippen LogP contribution < -0.4 is 9.64 Å². The molecular weight excluding hydrogens is 616 g/mol. The Kier molecular flexibility index (Phi) is 6.52. The maximum atomic E-state index is 15.9. The van der Waals surface area contributed by atoms with Crippen LogP contribution in [0, 0.1) is 74.2 Å². The van der Waals surface area contributed by atoms with Gasteiger partial charge in [0.1, 0.15) is 11.0 Å². The Balaban J connectivity index is 1.80. The van der Waals surface area contributed by atoms with Crippen LogP contribution in [0.15, 0.2) is 48.5 Å². The van der Waals surface area contributed by atoms with Crippen molar-refractivity contribution in [2.45, 2.75) is 27.7 Å². The second-order valence-electron chi connectivity index (χ2n) is 11.0. The van der Waals surface area contributed by atoms with Gasteiger partial charge in [-0.3, -0.25) is 0 Å². The molecule has 0 aliphatic carbocycles. The first-order chi connectivity index (χ1) is 21.9. The average Bonchev–Trinajstić information content (AvgIpc) is 3.06. The van der Waals surface area contributed by atoms with Gasteiger partial charge in [-0.15, -0.1) is 0 Å². The van der Waals surface area contributed by atoms with Crippen LogP contribution in [-0.4, -0.2) is 4.98 Å². The fourth-order valence-corrected chi connectivity index (χ4v) is 6.22. The molecular formula is C35H20F8N2O. The zero-order valence-corrected chi connectivity index (χ0v) is 24.4. The lowest BCUT2D eigenvalue weighted by Crippen LogP contribution is -2.19. The van der Waals surface area contributed by atoms with Crippen molar-refractivity contribution in [3.63, 3.8) is 0 Å². The predicted molar refractivity (Wildman–Crippen MR) is 158 cm³/mol. The maximum Gasteiger partial charge on any atom is 0.199 e. The summed E-state index contributed by atoms with van der Waals surface area (Å²) in [6, 6.07) is 13.6. The van der Waals surface area contributed by atoms with Gasteiger partial charge in [-0.05, 0) is 74.2 Å². The summed E-state index contributed by atoms with van der Waals surface area (Å²) in [5.74, 6) is -16.3. The van der Waals surface area contributed by atoms with Crippen LogP contribution in [0.5, 0.6) is 11.5 Å². The summed E-state index contributed by atoms with van der Waals surface area (Å²) in [7, 11) is 0. The van der Waals surface area contributed by atoms with E-state index < -0.39 is 73.9 Å². The molecule has 0 radical (unpaired) electrons. The number of hydrogen-bond acceptors (Lipinski definition) is 3. The van der Waals surface area contributed by atoms with Crippen molar-refractivity contribution in [3.05, 3.63) is 117 Å². The Bertz CT molecular complexity index is 2210. The number of hydrogen-bond donors (Lipinski definition) is 0. The summed E-state index contributed by atoms with van der Waals surface area (Å²) in [4.78, 5) is 5.21. The Morgan fingerprint density at radius 2 is 0.891 bits per heavy atom. The van der Waals surface area contributed by atoms with E-state index in [2.05, 4.69) is 4.98 Å². The third-order valence-corrected chi connectivity index (χ3v) is 8.77. The van der Waals surface area contributed by atoms with Gasteiger partial charge in [0.05, 0.1) is 27.8 Å². The van der Waals surface area contributed by atoms with Gasteiger partial charge < -0.3 is 9.64 Å². The maximum absolute atomic E-state index is 15.9. The number of pyridine rings is 1. The SMILES string of the molecule is Cc1c(C)c(C)c(N2c3ccccc3Oc3ccccc32)c(-c2c3c(F)c(F)c(F)c(F)c3nc3c(F)c(F)c(F)c(F)c23)c1C. The van der Waals surface area contributed by atoms with Crippen molar-refractivity contribution >= 4 is 38.9 Å². The molecule has 7 rings (SSSR count). The van der Waals surface area contributed by atoms with Crippen molar-refractivity contribution in [1.82, 2.24) is 4.98 Å². The highest BCUT2D eigenvalue weighted by molar-refractivity contribution is 6.14. The molecule has 0 saturated heterocycles. The number of benzene rings is 5. The molecule has 0 N–H and O–H groups in total. The van der Waals surface area contributed by atoms with Crippen molar-refractivity contribution < 1.29 is 39.9 Å². The minimum Gasteiger partial charge on any atom is -0.453 e. The third-order valence-electron chi connectivity index (χ3n) is 8.77. The number of para-hydroxylation sites is 4. The zero-order valence-electron chi connectivity index (χ0n) is 24.4. The van der Waals surface area contributed by atoms with Crippen LogP contribution in [0.4, 0.5) is 52.2 Å². The molecule has 46 heavy (non-hydrogen) atoms. The Labute approximate surface area is 256 Å². The van der Waals surface area contributed by atoms with Crippen LogP contribution in [-0.2, 0) is 0 Å². The second-order valence-corrected chi connectivity index (χ2v) is 11.0. The third kappa shape index (κ3) is 3.80. The van der Waals surface area contributed by atoms with E-state index in [1.165, 1.54) is 0 Å². The van der Waals surface area contributed by atoms with Gasteiger partial charge in [0.2, 0.25) is 0 Å². The molecule has 0 unspecified atom stereocenters. The summed E-state index contributed by atoms with van der Waals surface area (Å²) in [5.41, 5.74) is -0.163. The van der Waals surface area contributed by atoms with E-state index in [9.17, 15) is 17.6 Å². The molecule has 0 bridgehead atoms. The Morgan fingerprint density at radius 3 is 1.37 bits per heavy atom. The lowest BCUT2D eigenvalue weighted by molar-refractivity contribution is 0.414. The van der Waals surface area contributed by atoms with Gasteiger partial charge in [-0.1, -0.05) is 24.3 Å². The van der Waals surface area contributed by atoms with Gasteiger partial charge in [-0.25, -0.2) is 40.1 Å². The van der Waals surface area contributed by atoms with Crippen molar-refractivity contribution in [1.29, 1.82) is 0 Å². The largest absolute Gasteiger partial charge is 0.453 e. The molecule has 3 nitrogen and oxygen atoms in total. The second kappa shape index (κ2) is 10.2. The van der Waals surface area contributed by atoms with E-state index in [0.717, 1.165) is 0 Å². The number of rotatable bonds is 2. The Morgan fingerprint density at radius 1 is 0.478 bits per heavy atom. The topological polar surface area (TPSA) is 25.4 Å². The molecule has 232 valence electrons. The molecule has 0 fully saturated rings. The summed E-state index contributed by atoms with van der Waals surface area (Å²) >= 11 is 0. The standard InChI is InChI=1S/C35H20F8N2O/c1-13-14(2)16(4)35(45-17-9-5-7-11-19(17)46-20-12-8-6-10-18(20)45)21(15(13)3)22-23-25(36)27(38)29(40)31(42)33(23)44-34-24(22)26(37)28(39)30(41)32(34)43/h5-12H,1-4H3. The van der Waals surface area contributed by atoms with Gasteiger partial charge in [0.25, 0.3) is 0 Å². The van der Waals surface area contributed by atoms with Crippen LogP contribution >= 0.6 is 0 Å². The van der Waals surface area contributed by atoms with Gasteiger partial charge >= 0.3 is 0 Å². The number of ether oxygens (including phenoxy) is 1. The fraction of sp³-hybridized carbons (Fsp3) is 0.114. The molecule has 11 heteroatoms. The van der Waals surface area contributed by atoms with Gasteiger partial charge in [0, 0.05) is 11.1 Å². The monoisotopic (exact) mass is 636 g/mol. The summed E-state index contributed by atoms with van der Waals surface area (Å²) < 4.78 is 128. The number of aromatic nitrogens is 1. The zero-order chi connectivity index (χ0) is 32.9. The van der Waals surface area contributed by atoms with Crippen LogP contribution in [0.25, 0.3) is 32.9 Å². The summed E-state index contributed by atoms with van der Waals surface area (Å²) in [6.07, 6.45) is 0. The highest BCUT2D eigenvalue weighted by Crippen LogP contribution is 2.56. The lowest BCUT2D eigenvalue weighted by atomic mass is 9.84. The first kappa shape index (κ1) is 29.5. The van der Waals surface area contributed by atoms with E-state index in [0.29, 0.717) is 45.1 Å². The predicted octanol–water partition coefficient (Wildman–Crippen LogP) is 11.0. The average molecular weight is 637 g/mol. The quantitative estimate of drug-likeness (QED) is 0.0817. The number of halogens is 8. The molecule has 5 aromatic carbocycles. The first-order valence-electron chi connectivity index (χ1n) is 13.9. The van der Waals surface area contributed by atoms with Crippen LogP contribution in [0.1, 0.15) is 22.3 Å². The molecule has 1 aliphatic heterocycles. The molecule has 0 saturated carbocycles. The fourth-order valence-electron chi connectivity index (χ4n) is 6.22. The van der Waals surface area contributed by atoms with E-state index in [1.807, 2.05) is 0 Å². The number of nitrogens with zero attached hydrogens (tertiary/aromatic N) is 2. The number of anilines is 3. The molecule has 0 amide bonds. The van der Waals surface area contributed by atoms with Crippen LogP contribution in [0.2, 0.25) is 0 Å². The molecule has 2 heterocycles. The first-order valence-corrected chi connectivity index (χ1v) is 13.9. The van der Waals surface area contributed by atoms with Gasteiger partial charge in [-0.2, -0.15) is 0 Å². The minimum atomic E-state index is -2.27. The molecule has 1 aliphatic rings. The lowest BCUT2D eigenvalue weighted by Gasteiger charge is -2.36. The highest BCUT2D eigenvalue weighted by Gasteiger charge is 2.36. The molecule has 1 aromatic heterocycles. The molecule has 0 spiro atoms. The normalized spacial score (nSPS) is 12.5. The highest BCUT2D eigenvalue weighted by atomic mass is 19.2. The minimum absolute atomic E-state index is 0.113. The van der Waals surface area contributed by atoms with E-state index in [1.54, 1.807) is 81.1 Å². The molecule has 6 aromatic rings. The smallest absolute Gasteiger partial charge is 0.199 e. The van der Waals surface area contributed by atoms with Crippen molar-refractivity contribution in [2.75, 3.05) is 4.90 Å². The van der Waals surface area contributed by atoms with Crippen molar-refractivity contribution in [3.8, 4) is 22.6 Å². The number of fused-ring (bicyclic) bond motifs is 4. The van der Waals surface area contributed by atoms with E-state index in [-0.39, 0.29) is 11.3 Å². The molecule has 0 atom stereocenters. The Hall–Kier alpha value is -5.19. The van der Waals surface area contributed by atoms with Gasteiger partial charge in [0.15, 0.2) is 58.0 Å². The van der Waals surface area contributed by atoms with Crippen LogP contribution in [0.3, 0.4) is 0 Å². The van der Waals surface area contributed by atoms with Crippen molar-refractivity contribution in [2.24, 2.45) is 0 Å². The van der Waals surface area contributed by atoms with E-state index in [4.69, 9.17) is 4.74 Å². The summed E-state index contributed by atoms with van der Waals surface area (Å²) in [5, 5.41) is -2.18. The summed E-state index contributed by atoms with van der Waals surface area (Å²) in [6.45, 7) is 6.73. The van der Waals surface area contributed by atoms with E-state index >= 15 is 17.6 Å².